The first-order chi connectivity index (χ1) is 8.16. The SMILES string of the molecule is CC.Cc1cc2c(c(C3CC3)n1)CN(C)C2=O. The summed E-state index contributed by atoms with van der Waals surface area (Å²) in [6, 6.07) is 1.92. The van der Waals surface area contributed by atoms with E-state index in [1.165, 1.54) is 24.1 Å². The molecular formula is C14H20N2O. The highest BCUT2D eigenvalue weighted by Gasteiger charge is 2.34. The molecule has 1 aromatic heterocycles. The molecule has 3 nitrogen and oxygen atoms in total. The molecule has 0 saturated heterocycles. The van der Waals surface area contributed by atoms with Gasteiger partial charge in [-0.3, -0.25) is 9.78 Å². The number of hydrogen-bond acceptors (Lipinski definition) is 2. The number of rotatable bonds is 1. The first kappa shape index (κ1) is 12.1. The first-order valence-electron chi connectivity index (χ1n) is 6.42. The van der Waals surface area contributed by atoms with Crippen LogP contribution >= 0.6 is 0 Å². The van der Waals surface area contributed by atoms with Gasteiger partial charge in [0.05, 0.1) is 0 Å². The smallest absolute Gasteiger partial charge is 0.254 e. The molecule has 1 aliphatic heterocycles. The third kappa shape index (κ3) is 2.06. The van der Waals surface area contributed by atoms with E-state index >= 15 is 0 Å². The number of nitrogens with zero attached hydrogens (tertiary/aromatic N) is 2. The number of hydrogen-bond donors (Lipinski definition) is 0. The van der Waals surface area contributed by atoms with E-state index in [1.807, 2.05) is 33.9 Å². The van der Waals surface area contributed by atoms with Gasteiger partial charge in [0.1, 0.15) is 0 Å². The molecule has 1 amide bonds. The van der Waals surface area contributed by atoms with Gasteiger partial charge < -0.3 is 4.90 Å². The lowest BCUT2D eigenvalue weighted by Gasteiger charge is -2.06. The van der Waals surface area contributed by atoms with Crippen LogP contribution in [0.4, 0.5) is 0 Å². The summed E-state index contributed by atoms with van der Waals surface area (Å²) >= 11 is 0. The van der Waals surface area contributed by atoms with Crippen LogP contribution in [0.5, 0.6) is 0 Å². The van der Waals surface area contributed by atoms with E-state index in [4.69, 9.17) is 0 Å². The number of carbonyl (C=O) groups excluding carboxylic acids is 1. The Kier molecular flexibility index (Phi) is 3.18. The van der Waals surface area contributed by atoms with Gasteiger partial charge >= 0.3 is 0 Å². The molecule has 0 aromatic carbocycles. The van der Waals surface area contributed by atoms with E-state index < -0.39 is 0 Å². The number of carbonyl (C=O) groups is 1. The van der Waals surface area contributed by atoms with Gasteiger partial charge in [0.2, 0.25) is 0 Å². The molecule has 17 heavy (non-hydrogen) atoms. The summed E-state index contributed by atoms with van der Waals surface area (Å²) in [5.74, 6) is 0.773. The van der Waals surface area contributed by atoms with Gasteiger partial charge in [-0.25, -0.2) is 0 Å². The van der Waals surface area contributed by atoms with Crippen molar-refractivity contribution >= 4 is 5.91 Å². The van der Waals surface area contributed by atoms with Crippen molar-refractivity contribution in [2.24, 2.45) is 0 Å². The summed E-state index contributed by atoms with van der Waals surface area (Å²) < 4.78 is 0. The Balaban J connectivity index is 0.000000514. The second kappa shape index (κ2) is 4.47. The van der Waals surface area contributed by atoms with E-state index in [0.717, 1.165) is 17.8 Å². The molecule has 2 aliphatic rings. The summed E-state index contributed by atoms with van der Waals surface area (Å²) in [5, 5.41) is 0. The molecule has 0 N–H and O–H groups in total. The minimum atomic E-state index is 0.150. The van der Waals surface area contributed by atoms with Crippen LogP contribution in [0, 0.1) is 6.92 Å². The van der Waals surface area contributed by atoms with Gasteiger partial charge in [-0.1, -0.05) is 13.8 Å². The summed E-state index contributed by atoms with van der Waals surface area (Å²) in [4.78, 5) is 18.2. The summed E-state index contributed by atoms with van der Waals surface area (Å²) in [5.41, 5.74) is 4.21. The largest absolute Gasteiger partial charge is 0.337 e. The third-order valence-electron chi connectivity index (χ3n) is 3.22. The van der Waals surface area contributed by atoms with Gasteiger partial charge in [0, 0.05) is 42.0 Å². The van der Waals surface area contributed by atoms with E-state index in [1.54, 1.807) is 4.90 Å². The van der Waals surface area contributed by atoms with Crippen molar-refractivity contribution < 1.29 is 4.79 Å². The number of aromatic nitrogens is 1. The van der Waals surface area contributed by atoms with Crippen LogP contribution < -0.4 is 0 Å². The zero-order chi connectivity index (χ0) is 12.6. The van der Waals surface area contributed by atoms with E-state index in [-0.39, 0.29) is 5.91 Å². The molecule has 0 spiro atoms. The van der Waals surface area contributed by atoms with Crippen LogP contribution in [0.1, 0.15) is 59.9 Å². The fourth-order valence-electron chi connectivity index (χ4n) is 2.29. The fourth-order valence-corrected chi connectivity index (χ4v) is 2.29. The van der Waals surface area contributed by atoms with Crippen LogP contribution in [-0.4, -0.2) is 22.8 Å². The Morgan fingerprint density at radius 1 is 1.35 bits per heavy atom. The molecule has 92 valence electrons. The number of amides is 1. The molecule has 1 aromatic rings. The summed E-state index contributed by atoms with van der Waals surface area (Å²) in [6.07, 6.45) is 2.47. The van der Waals surface area contributed by atoms with Crippen molar-refractivity contribution in [1.29, 1.82) is 0 Å². The zero-order valence-corrected chi connectivity index (χ0v) is 11.1. The molecule has 0 atom stereocenters. The molecule has 2 heterocycles. The number of pyridine rings is 1. The second-order valence-corrected chi connectivity index (χ2v) is 4.61. The monoisotopic (exact) mass is 232 g/mol. The van der Waals surface area contributed by atoms with E-state index in [0.29, 0.717) is 5.92 Å². The van der Waals surface area contributed by atoms with Crippen molar-refractivity contribution in [3.05, 3.63) is 28.6 Å². The number of fused-ring (bicyclic) bond motifs is 1. The minimum absolute atomic E-state index is 0.150. The summed E-state index contributed by atoms with van der Waals surface area (Å²) in [6.45, 7) is 6.71. The van der Waals surface area contributed by atoms with E-state index in [9.17, 15) is 4.79 Å². The topological polar surface area (TPSA) is 33.2 Å². The number of aryl methyl sites for hydroxylation is 1. The Hall–Kier alpha value is -1.38. The van der Waals surface area contributed by atoms with Crippen molar-refractivity contribution in [2.45, 2.75) is 46.1 Å². The highest BCUT2D eigenvalue weighted by Crippen LogP contribution is 2.42. The van der Waals surface area contributed by atoms with E-state index in [2.05, 4.69) is 4.98 Å². The van der Waals surface area contributed by atoms with Crippen molar-refractivity contribution in [1.82, 2.24) is 9.88 Å². The fraction of sp³-hybridized carbons (Fsp3) is 0.571. The highest BCUT2D eigenvalue weighted by molar-refractivity contribution is 5.98. The maximum atomic E-state index is 11.8. The maximum Gasteiger partial charge on any atom is 0.254 e. The Bertz CT molecular complexity index is 450. The minimum Gasteiger partial charge on any atom is -0.337 e. The van der Waals surface area contributed by atoms with Crippen LogP contribution in [-0.2, 0) is 6.54 Å². The predicted molar refractivity (Wildman–Crippen MR) is 68.1 cm³/mol. The average Bonchev–Trinajstić information content (AvgIpc) is 3.12. The summed E-state index contributed by atoms with van der Waals surface area (Å²) in [7, 11) is 1.86. The normalized spacial score (nSPS) is 17.6. The van der Waals surface area contributed by atoms with Crippen molar-refractivity contribution in [3.8, 4) is 0 Å². The Morgan fingerprint density at radius 2 is 2.00 bits per heavy atom. The molecular weight excluding hydrogens is 212 g/mol. The first-order valence-corrected chi connectivity index (χ1v) is 6.42. The molecule has 1 fully saturated rings. The average molecular weight is 232 g/mol. The lowest BCUT2D eigenvalue weighted by molar-refractivity contribution is 0.0816. The van der Waals surface area contributed by atoms with Crippen LogP contribution in [0.3, 0.4) is 0 Å². The van der Waals surface area contributed by atoms with Crippen LogP contribution in [0.15, 0.2) is 6.07 Å². The Morgan fingerprint density at radius 3 is 2.59 bits per heavy atom. The molecule has 3 heteroatoms. The molecule has 0 radical (unpaired) electrons. The highest BCUT2D eigenvalue weighted by atomic mass is 16.2. The predicted octanol–water partition coefficient (Wildman–Crippen LogP) is 2.88. The van der Waals surface area contributed by atoms with Gasteiger partial charge in [-0.05, 0) is 25.8 Å². The van der Waals surface area contributed by atoms with Gasteiger partial charge in [0.15, 0.2) is 0 Å². The van der Waals surface area contributed by atoms with Crippen molar-refractivity contribution in [3.63, 3.8) is 0 Å². The van der Waals surface area contributed by atoms with Gasteiger partial charge in [-0.2, -0.15) is 0 Å². The maximum absolute atomic E-state index is 11.8. The lowest BCUT2D eigenvalue weighted by Crippen LogP contribution is -2.17. The van der Waals surface area contributed by atoms with Gasteiger partial charge in [0.25, 0.3) is 5.91 Å². The molecule has 3 rings (SSSR count). The lowest BCUT2D eigenvalue weighted by atomic mass is 10.0. The quantitative estimate of drug-likeness (QED) is 0.746. The zero-order valence-electron chi connectivity index (χ0n) is 11.1. The molecule has 0 bridgehead atoms. The standard InChI is InChI=1S/C12H14N2O.C2H6/c1-7-5-9-10(6-14(2)12(9)15)11(13-7)8-3-4-8;1-2/h5,8H,3-4,6H2,1-2H3;1-2H3. The van der Waals surface area contributed by atoms with Gasteiger partial charge in [-0.15, -0.1) is 0 Å². The molecule has 0 unspecified atom stereocenters. The molecule has 1 aliphatic carbocycles. The van der Waals surface area contributed by atoms with Crippen LogP contribution in [0.2, 0.25) is 0 Å². The Labute approximate surface area is 103 Å². The molecule has 1 saturated carbocycles. The van der Waals surface area contributed by atoms with Crippen molar-refractivity contribution in [2.75, 3.05) is 7.05 Å². The third-order valence-corrected chi connectivity index (χ3v) is 3.22. The second-order valence-electron chi connectivity index (χ2n) is 4.61. The van der Waals surface area contributed by atoms with Crippen LogP contribution in [0.25, 0.3) is 0 Å².